The largest absolute Gasteiger partial charge is 0.497 e. The lowest BCUT2D eigenvalue weighted by atomic mass is 10.2. The van der Waals surface area contributed by atoms with Crippen LogP contribution in [0, 0.1) is 0 Å². The highest BCUT2D eigenvalue weighted by Gasteiger charge is 2.09. The van der Waals surface area contributed by atoms with E-state index in [1.54, 1.807) is 30.3 Å². The van der Waals surface area contributed by atoms with Crippen LogP contribution in [0.4, 0.5) is 0 Å². The number of amides is 2. The van der Waals surface area contributed by atoms with E-state index in [-0.39, 0.29) is 25.0 Å². The summed E-state index contributed by atoms with van der Waals surface area (Å²) in [5, 5.41) is 5.40. The Bertz CT molecular complexity index is 712. The minimum atomic E-state index is -0.281. The van der Waals surface area contributed by atoms with Crippen molar-refractivity contribution in [2.75, 3.05) is 33.9 Å². The van der Waals surface area contributed by atoms with Gasteiger partial charge in [0.1, 0.15) is 17.2 Å². The highest BCUT2D eigenvalue weighted by atomic mass is 16.5. The van der Waals surface area contributed by atoms with Crippen LogP contribution in [0.15, 0.2) is 48.5 Å². The fourth-order valence-corrected chi connectivity index (χ4v) is 2.14. The molecule has 0 heterocycles. The smallest absolute Gasteiger partial charge is 0.258 e. The number of ether oxygens (including phenoxy) is 3. The van der Waals surface area contributed by atoms with E-state index in [2.05, 4.69) is 10.6 Å². The SMILES string of the molecule is COc1cc(OC)cc(C(=O)NCCNC(=O)COc2ccccc2)c1. The van der Waals surface area contributed by atoms with Crippen LogP contribution in [0.3, 0.4) is 0 Å². The van der Waals surface area contributed by atoms with Crippen LogP contribution in [-0.2, 0) is 4.79 Å². The van der Waals surface area contributed by atoms with E-state index < -0.39 is 0 Å². The van der Waals surface area contributed by atoms with Crippen molar-refractivity contribution >= 4 is 11.8 Å². The van der Waals surface area contributed by atoms with Crippen molar-refractivity contribution in [3.63, 3.8) is 0 Å². The van der Waals surface area contributed by atoms with Crippen LogP contribution in [-0.4, -0.2) is 45.7 Å². The Morgan fingerprint density at radius 2 is 1.46 bits per heavy atom. The summed E-state index contributed by atoms with van der Waals surface area (Å²) in [6, 6.07) is 14.0. The molecule has 2 rings (SSSR count). The summed E-state index contributed by atoms with van der Waals surface area (Å²) in [6.45, 7) is 0.504. The summed E-state index contributed by atoms with van der Waals surface area (Å²) >= 11 is 0. The number of rotatable bonds is 9. The fraction of sp³-hybridized carbons (Fsp3) is 0.263. The van der Waals surface area contributed by atoms with Gasteiger partial charge in [-0.05, 0) is 24.3 Å². The topological polar surface area (TPSA) is 85.9 Å². The average molecular weight is 358 g/mol. The molecular weight excluding hydrogens is 336 g/mol. The minimum Gasteiger partial charge on any atom is -0.497 e. The Morgan fingerprint density at radius 1 is 0.846 bits per heavy atom. The Hall–Kier alpha value is -3.22. The molecule has 7 heteroatoms. The van der Waals surface area contributed by atoms with Crippen LogP contribution < -0.4 is 24.8 Å². The first-order valence-electron chi connectivity index (χ1n) is 8.08. The molecule has 0 radical (unpaired) electrons. The number of carbonyl (C=O) groups excluding carboxylic acids is 2. The van der Waals surface area contributed by atoms with Crippen LogP contribution in [0.5, 0.6) is 17.2 Å². The second kappa shape index (κ2) is 9.93. The molecule has 2 N–H and O–H groups in total. The van der Waals surface area contributed by atoms with Gasteiger partial charge in [-0.25, -0.2) is 0 Å². The van der Waals surface area contributed by atoms with E-state index in [9.17, 15) is 9.59 Å². The summed E-state index contributed by atoms with van der Waals surface area (Å²) < 4.78 is 15.6. The molecule has 0 aliphatic carbocycles. The maximum absolute atomic E-state index is 12.2. The van der Waals surface area contributed by atoms with Gasteiger partial charge in [0.25, 0.3) is 11.8 Å². The molecule has 0 saturated heterocycles. The number of para-hydroxylation sites is 1. The highest BCUT2D eigenvalue weighted by Crippen LogP contribution is 2.22. The molecule has 26 heavy (non-hydrogen) atoms. The average Bonchev–Trinajstić information content (AvgIpc) is 2.69. The van der Waals surface area contributed by atoms with Crippen LogP contribution in [0.2, 0.25) is 0 Å². The molecular formula is C19H22N2O5. The molecule has 0 aromatic heterocycles. The van der Waals surface area contributed by atoms with Gasteiger partial charge in [0, 0.05) is 24.7 Å². The first-order chi connectivity index (χ1) is 12.6. The Morgan fingerprint density at radius 3 is 2.08 bits per heavy atom. The lowest BCUT2D eigenvalue weighted by molar-refractivity contribution is -0.123. The molecule has 0 atom stereocenters. The second-order valence-electron chi connectivity index (χ2n) is 5.31. The predicted molar refractivity (Wildman–Crippen MR) is 96.8 cm³/mol. The highest BCUT2D eigenvalue weighted by molar-refractivity contribution is 5.95. The van der Waals surface area contributed by atoms with E-state index in [4.69, 9.17) is 14.2 Å². The first-order valence-corrected chi connectivity index (χ1v) is 8.08. The van der Waals surface area contributed by atoms with E-state index in [1.165, 1.54) is 14.2 Å². The third-order valence-electron chi connectivity index (χ3n) is 3.46. The molecule has 0 aliphatic heterocycles. The van der Waals surface area contributed by atoms with Crippen molar-refractivity contribution in [3.8, 4) is 17.2 Å². The van der Waals surface area contributed by atoms with E-state index in [1.807, 2.05) is 18.2 Å². The van der Waals surface area contributed by atoms with Gasteiger partial charge in [-0.3, -0.25) is 9.59 Å². The van der Waals surface area contributed by atoms with Crippen molar-refractivity contribution < 1.29 is 23.8 Å². The Labute approximate surface area is 152 Å². The van der Waals surface area contributed by atoms with Gasteiger partial charge in [0.2, 0.25) is 0 Å². The summed E-state index contributed by atoms with van der Waals surface area (Å²) in [7, 11) is 3.03. The molecule has 0 unspecified atom stereocenters. The van der Waals surface area contributed by atoms with Gasteiger partial charge in [0.05, 0.1) is 14.2 Å². The standard InChI is InChI=1S/C19H22N2O5/c1-24-16-10-14(11-17(12-16)25-2)19(23)21-9-8-20-18(22)13-26-15-6-4-3-5-7-15/h3-7,10-12H,8-9,13H2,1-2H3,(H,20,22)(H,21,23). The molecule has 2 aromatic carbocycles. The number of hydrogen-bond donors (Lipinski definition) is 2. The molecule has 2 aromatic rings. The monoisotopic (exact) mass is 358 g/mol. The predicted octanol–water partition coefficient (Wildman–Crippen LogP) is 1.63. The summed E-state index contributed by atoms with van der Waals surface area (Å²) in [6.07, 6.45) is 0. The second-order valence-corrected chi connectivity index (χ2v) is 5.31. The van der Waals surface area contributed by atoms with Crippen molar-refractivity contribution in [3.05, 3.63) is 54.1 Å². The van der Waals surface area contributed by atoms with E-state index in [0.717, 1.165) is 0 Å². The van der Waals surface area contributed by atoms with Gasteiger partial charge in [-0.2, -0.15) is 0 Å². The van der Waals surface area contributed by atoms with Crippen LogP contribution >= 0.6 is 0 Å². The van der Waals surface area contributed by atoms with E-state index >= 15 is 0 Å². The fourth-order valence-electron chi connectivity index (χ4n) is 2.14. The minimum absolute atomic E-state index is 0.0783. The zero-order chi connectivity index (χ0) is 18.8. The lowest BCUT2D eigenvalue weighted by Crippen LogP contribution is -2.36. The molecule has 0 fully saturated rings. The molecule has 0 saturated carbocycles. The maximum atomic E-state index is 12.2. The zero-order valence-electron chi connectivity index (χ0n) is 14.8. The Kier molecular flexibility index (Phi) is 7.30. The molecule has 7 nitrogen and oxygen atoms in total. The third kappa shape index (κ3) is 6.01. The van der Waals surface area contributed by atoms with Crippen molar-refractivity contribution in [1.82, 2.24) is 10.6 Å². The summed E-state index contributed by atoms with van der Waals surface area (Å²) in [5.41, 5.74) is 0.417. The number of methoxy groups -OCH3 is 2. The van der Waals surface area contributed by atoms with Gasteiger partial charge >= 0.3 is 0 Å². The number of hydrogen-bond acceptors (Lipinski definition) is 5. The van der Waals surface area contributed by atoms with Crippen LogP contribution in [0.25, 0.3) is 0 Å². The van der Waals surface area contributed by atoms with Crippen molar-refractivity contribution in [2.45, 2.75) is 0 Å². The Balaban J connectivity index is 1.72. The molecule has 0 bridgehead atoms. The van der Waals surface area contributed by atoms with E-state index in [0.29, 0.717) is 29.4 Å². The molecule has 0 aliphatic rings. The van der Waals surface area contributed by atoms with Crippen molar-refractivity contribution in [2.24, 2.45) is 0 Å². The van der Waals surface area contributed by atoms with Gasteiger partial charge in [-0.1, -0.05) is 18.2 Å². The third-order valence-corrected chi connectivity index (χ3v) is 3.46. The molecule has 138 valence electrons. The van der Waals surface area contributed by atoms with Crippen molar-refractivity contribution in [1.29, 1.82) is 0 Å². The quantitative estimate of drug-likeness (QED) is 0.666. The van der Waals surface area contributed by atoms with Gasteiger partial charge in [0.15, 0.2) is 6.61 Å². The lowest BCUT2D eigenvalue weighted by Gasteiger charge is -2.10. The number of nitrogens with one attached hydrogen (secondary N) is 2. The maximum Gasteiger partial charge on any atom is 0.258 e. The first kappa shape index (κ1) is 19.1. The van der Waals surface area contributed by atoms with Crippen LogP contribution in [0.1, 0.15) is 10.4 Å². The summed E-state index contributed by atoms with van der Waals surface area (Å²) in [4.78, 5) is 23.9. The number of benzene rings is 2. The normalized spacial score (nSPS) is 9.92. The molecule has 0 spiro atoms. The van der Waals surface area contributed by atoms with Gasteiger partial charge in [-0.15, -0.1) is 0 Å². The zero-order valence-corrected chi connectivity index (χ0v) is 14.8. The number of carbonyl (C=O) groups is 2. The van der Waals surface area contributed by atoms with Gasteiger partial charge < -0.3 is 24.8 Å². The summed E-state index contributed by atoms with van der Waals surface area (Å²) in [5.74, 6) is 1.15. The molecule has 2 amide bonds.